The van der Waals surface area contributed by atoms with Gasteiger partial charge in [0.2, 0.25) is 0 Å². The molecule has 1 atom stereocenters. The van der Waals surface area contributed by atoms with Gasteiger partial charge in [0, 0.05) is 6.54 Å². The van der Waals surface area contributed by atoms with Gasteiger partial charge in [-0.2, -0.15) is 5.10 Å². The van der Waals surface area contributed by atoms with E-state index in [-0.39, 0.29) is 12.1 Å². The van der Waals surface area contributed by atoms with Crippen LogP contribution in [0.25, 0.3) is 0 Å². The molecule has 7 heteroatoms. The Morgan fingerprint density at radius 2 is 2.00 bits per heavy atom. The van der Waals surface area contributed by atoms with Crippen molar-refractivity contribution < 1.29 is 14.7 Å². The minimum Gasteiger partial charge on any atom is -0.481 e. The summed E-state index contributed by atoms with van der Waals surface area (Å²) < 4.78 is 0. The zero-order valence-electron chi connectivity index (χ0n) is 14.4. The largest absolute Gasteiger partial charge is 0.481 e. The maximum Gasteiger partial charge on any atom is 0.308 e. The Morgan fingerprint density at radius 1 is 1.28 bits per heavy atom. The number of carbonyl (C=O) groups is 2. The first-order valence-corrected chi connectivity index (χ1v) is 7.92. The van der Waals surface area contributed by atoms with Crippen molar-refractivity contribution in [1.82, 2.24) is 15.5 Å². The molecule has 3 N–H and O–H groups in total. The highest BCUT2D eigenvalue weighted by molar-refractivity contribution is 5.95. The highest BCUT2D eigenvalue weighted by Crippen LogP contribution is 2.11. The number of rotatable bonds is 6. The van der Waals surface area contributed by atoms with Crippen molar-refractivity contribution in [2.24, 2.45) is 5.92 Å². The Hall–Kier alpha value is -2.96. The summed E-state index contributed by atoms with van der Waals surface area (Å²) in [7, 11) is 0. The number of aromatic amines is 1. The molecule has 2 rings (SSSR count). The highest BCUT2D eigenvalue weighted by Gasteiger charge is 2.22. The molecule has 1 unspecified atom stereocenters. The van der Waals surface area contributed by atoms with Crippen molar-refractivity contribution in [2.75, 3.05) is 6.54 Å². The van der Waals surface area contributed by atoms with Crippen LogP contribution >= 0.6 is 0 Å². The first kappa shape index (κ1) is 18.4. The van der Waals surface area contributed by atoms with Crippen molar-refractivity contribution in [3.05, 3.63) is 62.6 Å². The van der Waals surface area contributed by atoms with Gasteiger partial charge in [-0.3, -0.25) is 14.4 Å². The number of amides is 1. The van der Waals surface area contributed by atoms with E-state index in [1.54, 1.807) is 13.8 Å². The molecule has 1 amide bonds. The third kappa shape index (κ3) is 4.53. The second kappa shape index (κ2) is 7.74. The summed E-state index contributed by atoms with van der Waals surface area (Å²) in [4.78, 5) is 35.7. The van der Waals surface area contributed by atoms with E-state index >= 15 is 0 Å². The summed E-state index contributed by atoms with van der Waals surface area (Å²) >= 11 is 0. The monoisotopic (exact) mass is 343 g/mol. The summed E-state index contributed by atoms with van der Waals surface area (Å²) in [6.45, 7) is 5.18. The van der Waals surface area contributed by atoms with Crippen molar-refractivity contribution in [3.8, 4) is 0 Å². The van der Waals surface area contributed by atoms with E-state index in [1.807, 2.05) is 31.2 Å². The molecule has 1 aromatic carbocycles. The molecule has 1 aromatic heterocycles. The first-order valence-electron chi connectivity index (χ1n) is 7.92. The number of hydrogen-bond donors (Lipinski definition) is 3. The predicted molar refractivity (Wildman–Crippen MR) is 92.7 cm³/mol. The smallest absolute Gasteiger partial charge is 0.308 e. The van der Waals surface area contributed by atoms with Crippen LogP contribution in [0.5, 0.6) is 0 Å². The molecule has 0 saturated carbocycles. The summed E-state index contributed by atoms with van der Waals surface area (Å²) in [6.07, 6.45) is 0.294. The standard InChI is InChI=1S/C18H21N3O4/c1-10-5-4-6-13(7-10)8-14(18(24)25)9-19-16(22)15-11(2)12(3)20-21-17(15)23/h4-7,14H,8-9H2,1-3H3,(H,19,22)(H,21,23)(H,24,25). The van der Waals surface area contributed by atoms with Crippen LogP contribution in [-0.2, 0) is 11.2 Å². The Labute approximate surface area is 145 Å². The lowest BCUT2D eigenvalue weighted by Gasteiger charge is -2.14. The summed E-state index contributed by atoms with van der Waals surface area (Å²) in [5.74, 6) is -2.38. The predicted octanol–water partition coefficient (Wildman–Crippen LogP) is 1.37. The molecule has 0 fully saturated rings. The number of aryl methyl sites for hydroxylation is 2. The average molecular weight is 343 g/mol. The van der Waals surface area contributed by atoms with Crippen LogP contribution < -0.4 is 10.9 Å². The number of carboxylic acids is 1. The van der Waals surface area contributed by atoms with Gasteiger partial charge >= 0.3 is 5.97 Å². The minimum atomic E-state index is -1.00. The number of benzene rings is 1. The minimum absolute atomic E-state index is 0.0350. The zero-order valence-corrected chi connectivity index (χ0v) is 14.4. The maximum atomic E-state index is 12.3. The molecule has 132 valence electrons. The molecular weight excluding hydrogens is 322 g/mol. The normalized spacial score (nSPS) is 11.8. The van der Waals surface area contributed by atoms with Crippen molar-refractivity contribution in [3.63, 3.8) is 0 Å². The number of carboxylic acid groups (broad SMARTS) is 1. The molecule has 25 heavy (non-hydrogen) atoms. The fourth-order valence-electron chi connectivity index (χ4n) is 2.57. The number of nitrogens with one attached hydrogen (secondary N) is 2. The third-order valence-electron chi connectivity index (χ3n) is 4.12. The number of aromatic nitrogens is 2. The van der Waals surface area contributed by atoms with Crippen LogP contribution in [0.4, 0.5) is 0 Å². The quantitative estimate of drug-likeness (QED) is 0.733. The highest BCUT2D eigenvalue weighted by atomic mass is 16.4. The molecule has 0 saturated heterocycles. The zero-order chi connectivity index (χ0) is 18.6. The number of hydrogen-bond acceptors (Lipinski definition) is 4. The molecule has 0 spiro atoms. The third-order valence-corrected chi connectivity index (χ3v) is 4.12. The van der Waals surface area contributed by atoms with Gasteiger partial charge in [0.25, 0.3) is 11.5 Å². The second-order valence-electron chi connectivity index (χ2n) is 6.08. The van der Waals surface area contributed by atoms with E-state index in [0.717, 1.165) is 11.1 Å². The number of nitrogens with zero attached hydrogens (tertiary/aromatic N) is 1. The van der Waals surface area contributed by atoms with Crippen molar-refractivity contribution in [2.45, 2.75) is 27.2 Å². The van der Waals surface area contributed by atoms with Crippen LogP contribution in [0, 0.1) is 26.7 Å². The SMILES string of the molecule is Cc1cccc(CC(CNC(=O)c2c(C)c(C)n[nH]c2=O)C(=O)O)c1. The van der Waals surface area contributed by atoms with Crippen molar-refractivity contribution in [1.29, 1.82) is 0 Å². The number of H-pyrrole nitrogens is 1. The van der Waals surface area contributed by atoms with Crippen LogP contribution in [0.1, 0.15) is 32.7 Å². The Morgan fingerprint density at radius 3 is 2.64 bits per heavy atom. The molecule has 2 aromatic rings. The fourth-order valence-corrected chi connectivity index (χ4v) is 2.57. The summed E-state index contributed by atoms with van der Waals surface area (Å²) in [6, 6.07) is 7.57. The lowest BCUT2D eigenvalue weighted by atomic mass is 9.98. The first-order chi connectivity index (χ1) is 11.8. The molecule has 0 aliphatic heterocycles. The van der Waals surface area contributed by atoms with E-state index in [2.05, 4.69) is 15.5 Å². The van der Waals surface area contributed by atoms with E-state index in [0.29, 0.717) is 17.7 Å². The second-order valence-corrected chi connectivity index (χ2v) is 6.08. The lowest BCUT2D eigenvalue weighted by Crippen LogP contribution is -2.37. The van der Waals surface area contributed by atoms with Gasteiger partial charge < -0.3 is 10.4 Å². The van der Waals surface area contributed by atoms with Crippen LogP contribution in [-0.4, -0.2) is 33.7 Å². The van der Waals surface area contributed by atoms with Gasteiger partial charge in [-0.1, -0.05) is 29.8 Å². The van der Waals surface area contributed by atoms with Gasteiger partial charge in [-0.15, -0.1) is 0 Å². The molecule has 0 aliphatic rings. The topological polar surface area (TPSA) is 112 Å². The molecule has 7 nitrogen and oxygen atoms in total. The Kier molecular flexibility index (Phi) is 5.69. The molecule has 1 heterocycles. The van der Waals surface area contributed by atoms with E-state index in [1.165, 1.54) is 0 Å². The maximum absolute atomic E-state index is 12.3. The van der Waals surface area contributed by atoms with Crippen LogP contribution in [0.2, 0.25) is 0 Å². The van der Waals surface area contributed by atoms with Gasteiger partial charge in [0.15, 0.2) is 0 Å². The Balaban J connectivity index is 2.11. The van der Waals surface area contributed by atoms with Gasteiger partial charge in [-0.25, -0.2) is 5.10 Å². The van der Waals surface area contributed by atoms with Gasteiger partial charge in [0.05, 0.1) is 11.6 Å². The van der Waals surface area contributed by atoms with E-state index in [4.69, 9.17) is 0 Å². The lowest BCUT2D eigenvalue weighted by molar-refractivity contribution is -0.141. The van der Waals surface area contributed by atoms with E-state index in [9.17, 15) is 19.5 Å². The summed E-state index contributed by atoms with van der Waals surface area (Å²) in [5.41, 5.74) is 2.32. The number of carbonyl (C=O) groups excluding carboxylic acids is 1. The van der Waals surface area contributed by atoms with Gasteiger partial charge in [-0.05, 0) is 38.3 Å². The van der Waals surface area contributed by atoms with Crippen molar-refractivity contribution >= 4 is 11.9 Å². The molecule has 0 bridgehead atoms. The summed E-state index contributed by atoms with van der Waals surface area (Å²) in [5, 5.41) is 18.0. The molecular formula is C18H21N3O4. The van der Waals surface area contributed by atoms with E-state index < -0.39 is 23.4 Å². The average Bonchev–Trinajstić information content (AvgIpc) is 2.55. The van der Waals surface area contributed by atoms with Crippen LogP contribution in [0.15, 0.2) is 29.1 Å². The fraction of sp³-hybridized carbons (Fsp3) is 0.333. The molecule has 0 radical (unpaired) electrons. The van der Waals surface area contributed by atoms with Gasteiger partial charge in [0.1, 0.15) is 5.56 Å². The number of aliphatic carboxylic acids is 1. The Bertz CT molecular complexity index is 858. The molecule has 0 aliphatic carbocycles. The van der Waals surface area contributed by atoms with Crippen LogP contribution in [0.3, 0.4) is 0 Å².